The van der Waals surface area contributed by atoms with Crippen LogP contribution < -0.4 is 9.80 Å². The molecule has 5 nitrogen and oxygen atoms in total. The average molecular weight is 418 g/mol. The van der Waals surface area contributed by atoms with E-state index in [1.165, 1.54) is 24.3 Å². The van der Waals surface area contributed by atoms with E-state index in [2.05, 4.69) is 14.8 Å². The summed E-state index contributed by atoms with van der Waals surface area (Å²) >= 11 is 0. The molecule has 0 bridgehead atoms. The summed E-state index contributed by atoms with van der Waals surface area (Å²) in [4.78, 5) is 13.6. The predicted molar refractivity (Wildman–Crippen MR) is 117 cm³/mol. The highest BCUT2D eigenvalue weighted by molar-refractivity contribution is 5.91. The topological polar surface area (TPSA) is 52.5 Å². The normalized spacial score (nSPS) is 14.3. The van der Waals surface area contributed by atoms with Crippen molar-refractivity contribution >= 4 is 22.4 Å². The number of aromatic nitrogens is 2. The van der Waals surface area contributed by atoms with Crippen LogP contribution in [0.5, 0.6) is 5.75 Å². The number of halogens is 2. The lowest BCUT2D eigenvalue weighted by atomic mass is 10.1. The van der Waals surface area contributed by atoms with Crippen molar-refractivity contribution in [2.24, 2.45) is 0 Å². The second-order valence-corrected chi connectivity index (χ2v) is 7.50. The second-order valence-electron chi connectivity index (χ2n) is 7.50. The van der Waals surface area contributed by atoms with Crippen molar-refractivity contribution in [3.05, 3.63) is 78.4 Å². The zero-order chi connectivity index (χ0) is 21.4. The summed E-state index contributed by atoms with van der Waals surface area (Å²) in [6.07, 6.45) is 0. The minimum absolute atomic E-state index is 0.0936. The maximum Gasteiger partial charge on any atom is 0.165 e. The van der Waals surface area contributed by atoms with Crippen LogP contribution in [0.4, 0.5) is 20.3 Å². The lowest BCUT2D eigenvalue weighted by Gasteiger charge is -2.37. The molecule has 156 valence electrons. The number of nitrogens with zero attached hydrogens (tertiary/aromatic N) is 4. The van der Waals surface area contributed by atoms with Crippen LogP contribution in [0.3, 0.4) is 0 Å². The van der Waals surface area contributed by atoms with Gasteiger partial charge in [-0.3, -0.25) is 0 Å². The van der Waals surface area contributed by atoms with Crippen LogP contribution in [0, 0.1) is 11.6 Å². The van der Waals surface area contributed by atoms with Crippen LogP contribution in [-0.4, -0.2) is 41.3 Å². The first-order valence-corrected chi connectivity index (χ1v) is 10.1. The molecule has 31 heavy (non-hydrogen) atoms. The van der Waals surface area contributed by atoms with Crippen molar-refractivity contribution in [3.8, 4) is 17.1 Å². The molecule has 0 aliphatic carbocycles. The SMILES string of the molecule is Oc1ccccc1-c1nc(N2CCN(c3ccc(F)cc3)CC2)c2cc(F)ccc2n1. The fourth-order valence-corrected chi connectivity index (χ4v) is 3.94. The van der Waals surface area contributed by atoms with Crippen LogP contribution in [-0.2, 0) is 0 Å². The van der Waals surface area contributed by atoms with Gasteiger partial charge in [0.05, 0.1) is 11.1 Å². The lowest BCUT2D eigenvalue weighted by Crippen LogP contribution is -2.47. The molecule has 2 heterocycles. The zero-order valence-corrected chi connectivity index (χ0v) is 16.7. The summed E-state index contributed by atoms with van der Waals surface area (Å²) in [7, 11) is 0. The summed E-state index contributed by atoms with van der Waals surface area (Å²) < 4.78 is 27.3. The lowest BCUT2D eigenvalue weighted by molar-refractivity contribution is 0.477. The van der Waals surface area contributed by atoms with Gasteiger partial charge in [-0.25, -0.2) is 18.7 Å². The summed E-state index contributed by atoms with van der Waals surface area (Å²) in [5.74, 6) is 0.525. The van der Waals surface area contributed by atoms with Gasteiger partial charge in [-0.2, -0.15) is 0 Å². The molecule has 0 atom stereocenters. The maximum atomic E-state index is 14.0. The van der Waals surface area contributed by atoms with Gasteiger partial charge < -0.3 is 14.9 Å². The minimum Gasteiger partial charge on any atom is -0.507 e. The van der Waals surface area contributed by atoms with Crippen molar-refractivity contribution in [1.82, 2.24) is 9.97 Å². The number of hydrogen-bond acceptors (Lipinski definition) is 5. The third kappa shape index (κ3) is 3.74. The summed E-state index contributed by atoms with van der Waals surface area (Å²) in [5.41, 5.74) is 2.11. The Morgan fingerprint density at radius 2 is 1.42 bits per heavy atom. The Balaban J connectivity index is 1.51. The Morgan fingerprint density at radius 3 is 2.16 bits per heavy atom. The van der Waals surface area contributed by atoms with E-state index in [9.17, 15) is 13.9 Å². The first-order valence-electron chi connectivity index (χ1n) is 10.1. The van der Waals surface area contributed by atoms with E-state index in [-0.39, 0.29) is 17.4 Å². The maximum absolute atomic E-state index is 14.0. The highest BCUT2D eigenvalue weighted by atomic mass is 19.1. The smallest absolute Gasteiger partial charge is 0.165 e. The zero-order valence-electron chi connectivity index (χ0n) is 16.7. The number of para-hydroxylation sites is 1. The summed E-state index contributed by atoms with van der Waals surface area (Å²) in [6.45, 7) is 2.77. The molecular weight excluding hydrogens is 398 g/mol. The van der Waals surface area contributed by atoms with Gasteiger partial charge >= 0.3 is 0 Å². The summed E-state index contributed by atoms with van der Waals surface area (Å²) in [5, 5.41) is 10.9. The van der Waals surface area contributed by atoms with Crippen molar-refractivity contribution < 1.29 is 13.9 Å². The third-order valence-corrected chi connectivity index (χ3v) is 5.55. The van der Waals surface area contributed by atoms with E-state index < -0.39 is 0 Å². The van der Waals surface area contributed by atoms with Gasteiger partial charge in [-0.15, -0.1) is 0 Å². The number of hydrogen-bond donors (Lipinski definition) is 1. The Morgan fingerprint density at radius 1 is 0.742 bits per heavy atom. The monoisotopic (exact) mass is 418 g/mol. The molecule has 4 aromatic rings. The van der Waals surface area contributed by atoms with Gasteiger partial charge in [0.15, 0.2) is 5.82 Å². The number of phenolic OH excluding ortho intramolecular Hbond substituents is 1. The number of fused-ring (bicyclic) bond motifs is 1. The van der Waals surface area contributed by atoms with Gasteiger partial charge in [0.2, 0.25) is 0 Å². The highest BCUT2D eigenvalue weighted by Gasteiger charge is 2.22. The van der Waals surface area contributed by atoms with Gasteiger partial charge in [-0.1, -0.05) is 12.1 Å². The van der Waals surface area contributed by atoms with E-state index in [1.807, 2.05) is 6.07 Å². The molecule has 0 saturated carbocycles. The molecule has 5 rings (SSSR count). The largest absolute Gasteiger partial charge is 0.507 e. The van der Waals surface area contributed by atoms with Crippen LogP contribution in [0.15, 0.2) is 66.7 Å². The van der Waals surface area contributed by atoms with Crippen molar-refractivity contribution in [2.45, 2.75) is 0 Å². The molecule has 0 radical (unpaired) electrons. The van der Waals surface area contributed by atoms with Crippen LogP contribution in [0.1, 0.15) is 0 Å². The van der Waals surface area contributed by atoms with E-state index in [0.717, 1.165) is 18.8 Å². The molecule has 0 spiro atoms. The van der Waals surface area contributed by atoms with E-state index in [0.29, 0.717) is 41.2 Å². The molecule has 1 aromatic heterocycles. The molecule has 3 aromatic carbocycles. The van der Waals surface area contributed by atoms with Crippen molar-refractivity contribution in [2.75, 3.05) is 36.0 Å². The highest BCUT2D eigenvalue weighted by Crippen LogP contribution is 2.32. The Labute approximate surface area is 178 Å². The molecule has 0 unspecified atom stereocenters. The Bertz CT molecular complexity index is 1240. The molecule has 7 heteroatoms. The first-order chi connectivity index (χ1) is 15.1. The fraction of sp³-hybridized carbons (Fsp3) is 0.167. The molecule has 0 amide bonds. The van der Waals surface area contributed by atoms with Crippen LogP contribution in [0.25, 0.3) is 22.3 Å². The summed E-state index contributed by atoms with van der Waals surface area (Å²) in [6, 6.07) is 17.8. The molecule has 1 aliphatic heterocycles. The predicted octanol–water partition coefficient (Wildman–Crippen LogP) is 4.61. The quantitative estimate of drug-likeness (QED) is 0.527. The fourth-order valence-electron chi connectivity index (χ4n) is 3.94. The van der Waals surface area contributed by atoms with Gasteiger partial charge in [0.1, 0.15) is 23.2 Å². The van der Waals surface area contributed by atoms with Crippen molar-refractivity contribution in [3.63, 3.8) is 0 Å². The van der Waals surface area contributed by atoms with E-state index in [1.54, 1.807) is 36.4 Å². The molecule has 1 N–H and O–H groups in total. The van der Waals surface area contributed by atoms with E-state index in [4.69, 9.17) is 4.98 Å². The average Bonchev–Trinajstić information content (AvgIpc) is 2.79. The third-order valence-electron chi connectivity index (χ3n) is 5.55. The standard InChI is InChI=1S/C24H20F2N4O/c25-16-5-8-18(9-6-16)29-11-13-30(14-12-29)24-20-15-17(26)7-10-21(20)27-23(28-24)19-3-1-2-4-22(19)31/h1-10,15,31H,11-14H2. The minimum atomic E-state index is -0.349. The number of anilines is 2. The Kier molecular flexibility index (Phi) is 4.86. The number of rotatable bonds is 3. The first kappa shape index (κ1) is 19.2. The van der Waals surface area contributed by atoms with Gasteiger partial charge in [0.25, 0.3) is 0 Å². The van der Waals surface area contributed by atoms with Crippen LogP contribution in [0.2, 0.25) is 0 Å². The number of phenols is 1. The molecule has 1 aliphatic rings. The second kappa shape index (κ2) is 7.83. The number of piperazine rings is 1. The van der Waals surface area contributed by atoms with Crippen molar-refractivity contribution in [1.29, 1.82) is 0 Å². The van der Waals surface area contributed by atoms with Gasteiger partial charge in [0, 0.05) is 37.3 Å². The Hall–Kier alpha value is -3.74. The molecule has 1 fully saturated rings. The van der Waals surface area contributed by atoms with Crippen LogP contribution >= 0.6 is 0 Å². The van der Waals surface area contributed by atoms with Gasteiger partial charge in [-0.05, 0) is 54.6 Å². The molecular formula is C24H20F2N4O. The number of benzene rings is 3. The van der Waals surface area contributed by atoms with E-state index >= 15 is 0 Å². The molecule has 1 saturated heterocycles. The number of aromatic hydroxyl groups is 1.